The molecule has 0 spiro atoms. The molecule has 0 bridgehead atoms. The third kappa shape index (κ3) is 10.6. The van der Waals surface area contributed by atoms with Crippen LogP contribution in [0.25, 0.3) is 83.9 Å². The predicted octanol–water partition coefficient (Wildman–Crippen LogP) is 19.9. The molecule has 0 unspecified atom stereocenters. The maximum Gasteiger partial charge on any atom is 0.148 e. The van der Waals surface area contributed by atoms with E-state index in [0.717, 1.165) is 92.6 Å². The van der Waals surface area contributed by atoms with Gasteiger partial charge in [0.05, 0.1) is 22.3 Å². The van der Waals surface area contributed by atoms with Crippen LogP contribution in [0, 0.1) is 12.9 Å². The van der Waals surface area contributed by atoms with E-state index >= 15 is 0 Å². The second-order valence-electron chi connectivity index (χ2n) is 23.1. The standard InChI is InChI=1S/C71H78N3O.Pt/c1-15-70(13,16-2)60-27-23-28-61(71(14,17-3)18-4)65(60)52-34-35-63(47(9)38-52)74-64-29-22-26-57(66(64)73-68(74)59-43-53(45(5)6)42-58(46(7)8)67(59)75)54-39-55(41-56(40-54)69(10,11)12)62-44-51(36-37-72-62)50-32-30-49(31-33-50)48-24-20-19-21-25-48;/h19-38,40-46,75H,15-18H2,1-14H3;/q-1;/i9D3;. The van der Waals surface area contributed by atoms with E-state index in [-0.39, 0.29) is 60.5 Å². The Morgan fingerprint density at radius 2 is 1.18 bits per heavy atom. The Labute approximate surface area is 473 Å². The second-order valence-corrected chi connectivity index (χ2v) is 23.1. The molecule has 9 aromatic rings. The largest absolute Gasteiger partial charge is 0.507 e. The number of para-hydroxylation sites is 1. The maximum atomic E-state index is 12.5. The van der Waals surface area contributed by atoms with E-state index in [0.29, 0.717) is 28.1 Å². The molecule has 394 valence electrons. The zero-order valence-electron chi connectivity index (χ0n) is 50.0. The summed E-state index contributed by atoms with van der Waals surface area (Å²) in [6, 6.07) is 54.5. The van der Waals surface area contributed by atoms with Gasteiger partial charge in [0, 0.05) is 37.1 Å². The fourth-order valence-electron chi connectivity index (χ4n) is 10.9. The number of fused-ring (bicyclic) bond motifs is 1. The fourth-order valence-corrected chi connectivity index (χ4v) is 10.9. The molecule has 1 N–H and O–H groups in total. The third-order valence-electron chi connectivity index (χ3n) is 16.8. The van der Waals surface area contributed by atoms with Gasteiger partial charge in [0.15, 0.2) is 0 Å². The summed E-state index contributed by atoms with van der Waals surface area (Å²) >= 11 is 0. The van der Waals surface area contributed by atoms with Gasteiger partial charge >= 0.3 is 0 Å². The topological polar surface area (TPSA) is 50.9 Å². The maximum absolute atomic E-state index is 12.5. The average molecular weight is 1190 g/mol. The van der Waals surface area contributed by atoms with Gasteiger partial charge in [-0.25, -0.2) is 4.98 Å². The van der Waals surface area contributed by atoms with Crippen molar-refractivity contribution in [1.82, 2.24) is 14.5 Å². The van der Waals surface area contributed by atoms with Gasteiger partial charge in [0.25, 0.3) is 0 Å². The minimum atomic E-state index is -2.54. The van der Waals surface area contributed by atoms with Crippen LogP contribution in [0.15, 0.2) is 152 Å². The monoisotopic (exact) mass is 1190 g/mol. The van der Waals surface area contributed by atoms with Crippen molar-refractivity contribution in [1.29, 1.82) is 0 Å². The average Bonchev–Trinajstić information content (AvgIpc) is 4.13. The number of benzene rings is 7. The first-order chi connectivity index (χ1) is 37.0. The number of phenolic OH excluding ortho intramolecular Hbond substituents is 1. The van der Waals surface area contributed by atoms with E-state index in [1.165, 1.54) is 16.7 Å². The van der Waals surface area contributed by atoms with Crippen molar-refractivity contribution in [2.45, 2.75) is 151 Å². The van der Waals surface area contributed by atoms with Crippen molar-refractivity contribution in [3.63, 3.8) is 0 Å². The predicted molar refractivity (Wildman–Crippen MR) is 319 cm³/mol. The van der Waals surface area contributed by atoms with Gasteiger partial charge in [-0.2, -0.15) is 0 Å². The normalized spacial score (nSPS) is 13.0. The number of aromatic hydroxyl groups is 1. The van der Waals surface area contributed by atoms with E-state index in [4.69, 9.17) is 9.97 Å². The fraction of sp³-hybridized carbons (Fsp3) is 0.324. The van der Waals surface area contributed by atoms with E-state index in [1.807, 2.05) is 47.2 Å². The van der Waals surface area contributed by atoms with Crippen molar-refractivity contribution >= 4 is 11.0 Å². The molecule has 0 atom stereocenters. The number of nitrogens with zero attached hydrogens (tertiary/aromatic N) is 3. The van der Waals surface area contributed by atoms with Crippen molar-refractivity contribution < 1.29 is 30.3 Å². The number of rotatable bonds is 15. The first kappa shape index (κ1) is 51.7. The molecule has 76 heavy (non-hydrogen) atoms. The van der Waals surface area contributed by atoms with Crippen LogP contribution in [0.4, 0.5) is 0 Å². The molecule has 0 aliphatic carbocycles. The third-order valence-corrected chi connectivity index (χ3v) is 16.8. The summed E-state index contributed by atoms with van der Waals surface area (Å²) in [5, 5.41) is 12.5. The first-order valence-electron chi connectivity index (χ1n) is 28.9. The summed E-state index contributed by atoms with van der Waals surface area (Å²) in [5.74, 6) is 0.751. The van der Waals surface area contributed by atoms with Crippen molar-refractivity contribution in [3.05, 3.63) is 191 Å². The van der Waals surface area contributed by atoms with E-state index in [1.54, 1.807) is 0 Å². The van der Waals surface area contributed by atoms with Gasteiger partial charge < -0.3 is 5.11 Å². The number of pyridine rings is 1. The molecule has 0 saturated heterocycles. The van der Waals surface area contributed by atoms with Crippen LogP contribution < -0.4 is 0 Å². The summed E-state index contributed by atoms with van der Waals surface area (Å²) < 4.78 is 30.2. The summed E-state index contributed by atoms with van der Waals surface area (Å²) in [7, 11) is 0. The molecular formula is C71H78N3OPt-. The van der Waals surface area contributed by atoms with Gasteiger partial charge in [0.2, 0.25) is 0 Å². The van der Waals surface area contributed by atoms with Crippen LogP contribution in [-0.2, 0) is 37.3 Å². The van der Waals surface area contributed by atoms with Crippen LogP contribution in [0.3, 0.4) is 0 Å². The summed E-state index contributed by atoms with van der Waals surface area (Å²) in [5.41, 5.74) is 17.4. The number of hydrogen-bond donors (Lipinski definition) is 1. The molecule has 0 saturated carbocycles. The van der Waals surface area contributed by atoms with Gasteiger partial charge in [-0.15, -0.1) is 29.3 Å². The van der Waals surface area contributed by atoms with E-state index in [9.17, 15) is 9.22 Å². The minimum Gasteiger partial charge on any atom is -0.507 e. The first-order valence-corrected chi connectivity index (χ1v) is 27.4. The summed E-state index contributed by atoms with van der Waals surface area (Å²) in [6.07, 6.45) is 5.62. The van der Waals surface area contributed by atoms with E-state index in [2.05, 4.69) is 205 Å². The molecule has 2 aromatic heterocycles. The van der Waals surface area contributed by atoms with Gasteiger partial charge in [-0.05, 0) is 152 Å². The molecular weight excluding hydrogens is 1110 g/mol. The van der Waals surface area contributed by atoms with Crippen LogP contribution in [-0.4, -0.2) is 19.6 Å². The Bertz CT molecular complexity index is 3600. The zero-order chi connectivity index (χ0) is 56.1. The molecule has 0 aliphatic heterocycles. The summed E-state index contributed by atoms with van der Waals surface area (Å²) in [4.78, 5) is 10.6. The smallest absolute Gasteiger partial charge is 0.148 e. The van der Waals surface area contributed by atoms with Crippen LogP contribution in [0.5, 0.6) is 5.75 Å². The molecule has 0 amide bonds. The molecule has 2 heterocycles. The van der Waals surface area contributed by atoms with Crippen molar-refractivity contribution in [2.75, 3.05) is 0 Å². The van der Waals surface area contributed by atoms with Crippen LogP contribution in [0.1, 0.15) is 165 Å². The molecule has 0 aliphatic rings. The zero-order valence-corrected chi connectivity index (χ0v) is 49.3. The number of phenols is 1. The molecule has 0 radical (unpaired) electrons. The van der Waals surface area contributed by atoms with Crippen molar-refractivity contribution in [2.24, 2.45) is 0 Å². The number of aryl methyl sites for hydroxylation is 1. The van der Waals surface area contributed by atoms with E-state index < -0.39 is 6.85 Å². The molecule has 5 heteroatoms. The Morgan fingerprint density at radius 1 is 0.592 bits per heavy atom. The quantitative estimate of drug-likeness (QED) is 0.104. The number of imidazole rings is 1. The van der Waals surface area contributed by atoms with Crippen LogP contribution in [0.2, 0.25) is 0 Å². The minimum absolute atomic E-state index is 0. The van der Waals surface area contributed by atoms with Crippen LogP contribution >= 0.6 is 0 Å². The second kappa shape index (κ2) is 22.3. The Hall–Kier alpha value is -6.35. The number of aromatic nitrogens is 3. The molecule has 7 aromatic carbocycles. The molecule has 9 rings (SSSR count). The number of hydrogen-bond acceptors (Lipinski definition) is 3. The Kier molecular flexibility index (Phi) is 15.2. The van der Waals surface area contributed by atoms with Gasteiger partial charge in [-0.3, -0.25) is 9.55 Å². The summed E-state index contributed by atoms with van der Waals surface area (Å²) in [6.45, 7) is 26.3. The SMILES string of the molecule is [2H]C([2H])([2H])c1cc(-c2c(C(C)(CC)CC)cccc2C(C)(CC)CC)ccc1-n1c(-c2cc(C(C)C)cc(C(C)C)c2O)nc2c(-c3[c-]c(-c4cc(-c5ccc(-c6ccccc6)cc5)ccn4)cc(C(C)(C)C)c3)cccc21.[Pt]. The molecule has 0 fully saturated rings. The van der Waals surface area contributed by atoms with Gasteiger partial charge in [-0.1, -0.05) is 204 Å². The Balaban J connectivity index is 0.00000822. The van der Waals surface area contributed by atoms with Crippen molar-refractivity contribution in [3.8, 4) is 78.6 Å². The molecule has 4 nitrogen and oxygen atoms in total. The van der Waals surface area contributed by atoms with Gasteiger partial charge in [0.1, 0.15) is 11.6 Å². The Morgan fingerprint density at radius 3 is 1.78 bits per heavy atom.